The highest BCUT2D eigenvalue weighted by atomic mass is 32.1. The third-order valence-electron chi connectivity index (χ3n) is 4.54. The SMILES string of the molecule is COc1ccc(CCNCc2ncc(-c3ccc(N(C)C)cc3)s2)cc1OC. The maximum absolute atomic E-state index is 5.36. The number of rotatable bonds is 9. The van der Waals surface area contributed by atoms with Crippen LogP contribution in [0.25, 0.3) is 10.4 Å². The van der Waals surface area contributed by atoms with E-state index in [1.807, 2.05) is 32.4 Å². The molecule has 148 valence electrons. The van der Waals surface area contributed by atoms with Gasteiger partial charge in [-0.25, -0.2) is 4.98 Å². The van der Waals surface area contributed by atoms with E-state index in [9.17, 15) is 0 Å². The summed E-state index contributed by atoms with van der Waals surface area (Å²) in [5, 5.41) is 4.57. The van der Waals surface area contributed by atoms with Crippen molar-refractivity contribution in [3.8, 4) is 21.9 Å². The number of aromatic nitrogens is 1. The zero-order valence-electron chi connectivity index (χ0n) is 16.9. The van der Waals surface area contributed by atoms with Crippen LogP contribution in [0, 0.1) is 0 Å². The van der Waals surface area contributed by atoms with Gasteiger partial charge in [-0.05, 0) is 48.4 Å². The van der Waals surface area contributed by atoms with E-state index >= 15 is 0 Å². The molecule has 0 aliphatic rings. The van der Waals surface area contributed by atoms with Crippen LogP contribution in [0.1, 0.15) is 10.6 Å². The van der Waals surface area contributed by atoms with Crippen molar-refractivity contribution in [3.05, 3.63) is 59.2 Å². The van der Waals surface area contributed by atoms with Crippen LogP contribution in [-0.2, 0) is 13.0 Å². The van der Waals surface area contributed by atoms with E-state index in [2.05, 4.69) is 45.5 Å². The summed E-state index contributed by atoms with van der Waals surface area (Å²) in [5.74, 6) is 1.53. The van der Waals surface area contributed by atoms with Gasteiger partial charge in [-0.1, -0.05) is 18.2 Å². The van der Waals surface area contributed by atoms with Crippen LogP contribution < -0.4 is 19.7 Å². The third kappa shape index (κ3) is 5.03. The molecule has 0 saturated carbocycles. The lowest BCUT2D eigenvalue weighted by Crippen LogP contribution is -2.16. The number of nitrogens with zero attached hydrogens (tertiary/aromatic N) is 2. The largest absolute Gasteiger partial charge is 0.493 e. The van der Waals surface area contributed by atoms with E-state index < -0.39 is 0 Å². The van der Waals surface area contributed by atoms with Crippen LogP contribution >= 0.6 is 11.3 Å². The molecule has 3 aromatic rings. The Labute approximate surface area is 170 Å². The van der Waals surface area contributed by atoms with E-state index in [0.717, 1.165) is 36.0 Å². The van der Waals surface area contributed by atoms with Crippen LogP contribution in [-0.4, -0.2) is 39.8 Å². The smallest absolute Gasteiger partial charge is 0.160 e. The molecule has 0 unspecified atom stereocenters. The van der Waals surface area contributed by atoms with Gasteiger partial charge in [0.15, 0.2) is 11.5 Å². The van der Waals surface area contributed by atoms with Gasteiger partial charge in [-0.3, -0.25) is 0 Å². The second-order valence-corrected chi connectivity index (χ2v) is 7.79. The number of thiazole rings is 1. The Balaban J connectivity index is 1.51. The molecular weight excluding hydrogens is 370 g/mol. The third-order valence-corrected chi connectivity index (χ3v) is 5.58. The van der Waals surface area contributed by atoms with Crippen molar-refractivity contribution in [2.45, 2.75) is 13.0 Å². The average molecular weight is 398 g/mol. The highest BCUT2D eigenvalue weighted by Gasteiger charge is 2.07. The Morgan fingerprint density at radius 2 is 1.75 bits per heavy atom. The standard InChI is InChI=1S/C22H27N3O2S/c1-25(2)18-8-6-17(7-9-18)21-14-24-22(28-21)15-23-12-11-16-5-10-19(26-3)20(13-16)27-4/h5-10,13-14,23H,11-12,15H2,1-4H3. The van der Waals surface area contributed by atoms with E-state index in [-0.39, 0.29) is 0 Å². The van der Waals surface area contributed by atoms with Gasteiger partial charge in [0.05, 0.1) is 19.1 Å². The molecule has 5 nitrogen and oxygen atoms in total. The Kier molecular flexibility index (Phi) is 6.90. The molecule has 0 fully saturated rings. The lowest BCUT2D eigenvalue weighted by molar-refractivity contribution is 0.354. The van der Waals surface area contributed by atoms with Crippen molar-refractivity contribution < 1.29 is 9.47 Å². The highest BCUT2D eigenvalue weighted by Crippen LogP contribution is 2.28. The number of hydrogen-bond acceptors (Lipinski definition) is 6. The number of methoxy groups -OCH3 is 2. The minimum atomic E-state index is 0.758. The molecule has 6 heteroatoms. The van der Waals surface area contributed by atoms with Crippen LogP contribution in [0.4, 0.5) is 5.69 Å². The molecule has 1 heterocycles. The zero-order valence-corrected chi connectivity index (χ0v) is 17.7. The average Bonchev–Trinajstić information content (AvgIpc) is 3.20. The molecule has 28 heavy (non-hydrogen) atoms. The summed E-state index contributed by atoms with van der Waals surface area (Å²) >= 11 is 1.73. The predicted molar refractivity (Wildman–Crippen MR) is 117 cm³/mol. The molecule has 3 rings (SSSR count). The Morgan fingerprint density at radius 1 is 1.00 bits per heavy atom. The lowest BCUT2D eigenvalue weighted by Gasteiger charge is -2.12. The van der Waals surface area contributed by atoms with Gasteiger partial charge < -0.3 is 19.7 Å². The minimum Gasteiger partial charge on any atom is -0.493 e. The van der Waals surface area contributed by atoms with Gasteiger partial charge in [0.1, 0.15) is 5.01 Å². The summed E-state index contributed by atoms with van der Waals surface area (Å²) in [6.07, 6.45) is 2.88. The molecule has 1 N–H and O–H groups in total. The van der Waals surface area contributed by atoms with Crippen LogP contribution in [0.3, 0.4) is 0 Å². The van der Waals surface area contributed by atoms with E-state index in [0.29, 0.717) is 0 Å². The summed E-state index contributed by atoms with van der Waals surface area (Å²) in [4.78, 5) is 7.85. The summed E-state index contributed by atoms with van der Waals surface area (Å²) in [6.45, 7) is 1.65. The maximum atomic E-state index is 5.36. The second kappa shape index (κ2) is 9.57. The molecule has 0 atom stereocenters. The molecule has 0 aliphatic carbocycles. The molecule has 0 bridgehead atoms. The first-order valence-electron chi connectivity index (χ1n) is 9.25. The lowest BCUT2D eigenvalue weighted by atomic mass is 10.1. The quantitative estimate of drug-likeness (QED) is 0.548. The first-order valence-corrected chi connectivity index (χ1v) is 10.1. The Morgan fingerprint density at radius 3 is 2.43 bits per heavy atom. The number of ether oxygens (including phenoxy) is 2. The molecule has 2 aromatic carbocycles. The van der Waals surface area contributed by atoms with Crippen molar-refractivity contribution in [2.24, 2.45) is 0 Å². The summed E-state index contributed by atoms with van der Waals surface area (Å²) < 4.78 is 10.6. The molecule has 0 spiro atoms. The summed E-state index contributed by atoms with van der Waals surface area (Å²) in [6, 6.07) is 14.6. The minimum absolute atomic E-state index is 0.758. The monoisotopic (exact) mass is 397 g/mol. The zero-order chi connectivity index (χ0) is 19.9. The fraction of sp³-hybridized carbons (Fsp3) is 0.318. The van der Waals surface area contributed by atoms with Gasteiger partial charge in [0, 0.05) is 32.5 Å². The Bertz CT molecular complexity index is 891. The van der Waals surface area contributed by atoms with Crippen LogP contribution in [0.15, 0.2) is 48.7 Å². The Hall–Kier alpha value is -2.57. The molecular formula is C22H27N3O2S. The number of hydrogen-bond donors (Lipinski definition) is 1. The predicted octanol–water partition coefficient (Wildman–Crippen LogP) is 4.23. The van der Waals surface area contributed by atoms with E-state index in [4.69, 9.17) is 9.47 Å². The first kappa shape index (κ1) is 20.2. The number of nitrogens with one attached hydrogen (secondary N) is 1. The van der Waals surface area contributed by atoms with Gasteiger partial charge >= 0.3 is 0 Å². The molecule has 0 saturated heterocycles. The number of anilines is 1. The van der Waals surface area contributed by atoms with Crippen molar-refractivity contribution in [3.63, 3.8) is 0 Å². The molecule has 0 amide bonds. The van der Waals surface area contributed by atoms with Crippen molar-refractivity contribution in [1.29, 1.82) is 0 Å². The van der Waals surface area contributed by atoms with Crippen molar-refractivity contribution in [1.82, 2.24) is 10.3 Å². The number of benzene rings is 2. The van der Waals surface area contributed by atoms with Gasteiger partial charge in [0.25, 0.3) is 0 Å². The van der Waals surface area contributed by atoms with Gasteiger partial charge in [0.2, 0.25) is 0 Å². The fourth-order valence-electron chi connectivity index (χ4n) is 2.91. The van der Waals surface area contributed by atoms with Crippen molar-refractivity contribution >= 4 is 17.0 Å². The highest BCUT2D eigenvalue weighted by molar-refractivity contribution is 7.15. The summed E-state index contributed by atoms with van der Waals surface area (Å²) in [7, 11) is 7.41. The van der Waals surface area contributed by atoms with E-state index in [1.165, 1.54) is 21.7 Å². The normalized spacial score (nSPS) is 10.7. The van der Waals surface area contributed by atoms with Gasteiger partial charge in [-0.2, -0.15) is 0 Å². The van der Waals surface area contributed by atoms with Crippen LogP contribution in [0.2, 0.25) is 0 Å². The molecule has 0 radical (unpaired) electrons. The van der Waals surface area contributed by atoms with E-state index in [1.54, 1.807) is 25.6 Å². The first-order chi connectivity index (χ1) is 13.6. The molecule has 1 aromatic heterocycles. The van der Waals surface area contributed by atoms with Crippen LogP contribution in [0.5, 0.6) is 11.5 Å². The fourth-order valence-corrected chi connectivity index (χ4v) is 3.81. The van der Waals surface area contributed by atoms with Crippen molar-refractivity contribution in [2.75, 3.05) is 39.8 Å². The topological polar surface area (TPSA) is 46.6 Å². The second-order valence-electron chi connectivity index (χ2n) is 6.68. The van der Waals surface area contributed by atoms with Gasteiger partial charge in [-0.15, -0.1) is 11.3 Å². The summed E-state index contributed by atoms with van der Waals surface area (Å²) in [5.41, 5.74) is 3.62. The molecule has 0 aliphatic heterocycles. The maximum Gasteiger partial charge on any atom is 0.160 e.